The van der Waals surface area contributed by atoms with Crippen LogP contribution in [0.15, 0.2) is 29.1 Å². The Morgan fingerprint density at radius 1 is 1.04 bits per heavy atom. The summed E-state index contributed by atoms with van der Waals surface area (Å²) in [4.78, 5) is 15.0. The van der Waals surface area contributed by atoms with Crippen molar-refractivity contribution in [2.24, 2.45) is 0 Å². The first-order valence-corrected chi connectivity index (χ1v) is 8.47. The summed E-state index contributed by atoms with van der Waals surface area (Å²) in [6, 6.07) is 8.44. The van der Waals surface area contributed by atoms with Crippen LogP contribution in [0.2, 0.25) is 0 Å². The number of hydrogen-bond acceptors (Lipinski definition) is 4. The summed E-state index contributed by atoms with van der Waals surface area (Å²) < 4.78 is 3.52. The molecule has 0 bridgehead atoms. The van der Waals surface area contributed by atoms with Crippen molar-refractivity contribution in [3.8, 4) is 0 Å². The van der Waals surface area contributed by atoms with E-state index in [0.717, 1.165) is 57.9 Å². The van der Waals surface area contributed by atoms with E-state index in [1.807, 2.05) is 4.57 Å². The van der Waals surface area contributed by atoms with Crippen molar-refractivity contribution >= 4 is 0 Å². The van der Waals surface area contributed by atoms with Crippen LogP contribution in [-0.4, -0.2) is 52.0 Å². The second-order valence-corrected chi connectivity index (χ2v) is 6.36. The summed E-state index contributed by atoms with van der Waals surface area (Å²) >= 11 is 0. The normalized spacial score (nSPS) is 18.3. The van der Waals surface area contributed by atoms with Crippen molar-refractivity contribution in [1.82, 2.24) is 24.6 Å². The van der Waals surface area contributed by atoms with E-state index in [9.17, 15) is 4.79 Å². The van der Waals surface area contributed by atoms with E-state index in [1.54, 1.807) is 4.68 Å². The van der Waals surface area contributed by atoms with E-state index < -0.39 is 0 Å². The minimum absolute atomic E-state index is 0.0444. The van der Waals surface area contributed by atoms with Gasteiger partial charge < -0.3 is 5.32 Å². The maximum atomic E-state index is 12.6. The first-order chi connectivity index (χ1) is 11.3. The molecule has 0 radical (unpaired) electrons. The molecule has 0 spiro atoms. The van der Waals surface area contributed by atoms with Crippen molar-refractivity contribution in [1.29, 1.82) is 0 Å². The largest absolute Gasteiger partial charge is 0.345 e. The summed E-state index contributed by atoms with van der Waals surface area (Å²) in [7, 11) is 0. The van der Waals surface area contributed by atoms with Crippen molar-refractivity contribution in [3.63, 3.8) is 0 Å². The number of fused-ring (bicyclic) bond motifs is 2. The summed E-state index contributed by atoms with van der Waals surface area (Å²) in [5.41, 5.74) is 2.68. The van der Waals surface area contributed by atoms with Crippen LogP contribution in [-0.2, 0) is 25.9 Å². The van der Waals surface area contributed by atoms with Gasteiger partial charge in [0.1, 0.15) is 5.82 Å². The van der Waals surface area contributed by atoms with Crippen LogP contribution < -0.4 is 11.0 Å². The summed E-state index contributed by atoms with van der Waals surface area (Å²) in [6.45, 7) is 6.48. The summed E-state index contributed by atoms with van der Waals surface area (Å²) in [5, 5.41) is 7.97. The van der Waals surface area contributed by atoms with Crippen molar-refractivity contribution in [2.75, 3.05) is 32.7 Å². The second kappa shape index (κ2) is 6.29. The zero-order valence-electron chi connectivity index (χ0n) is 13.4. The number of nitrogens with zero attached hydrogens (tertiary/aromatic N) is 4. The van der Waals surface area contributed by atoms with Crippen LogP contribution in [0.5, 0.6) is 0 Å². The van der Waals surface area contributed by atoms with Gasteiger partial charge in [-0.2, -0.15) is 5.10 Å². The highest BCUT2D eigenvalue weighted by molar-refractivity contribution is 5.31. The van der Waals surface area contributed by atoms with E-state index in [0.29, 0.717) is 6.54 Å². The van der Waals surface area contributed by atoms with Gasteiger partial charge in [0.25, 0.3) is 0 Å². The number of piperazine rings is 1. The van der Waals surface area contributed by atoms with Gasteiger partial charge in [-0.3, -0.25) is 9.47 Å². The van der Waals surface area contributed by atoms with Crippen LogP contribution >= 0.6 is 0 Å². The van der Waals surface area contributed by atoms with Crippen LogP contribution in [0.3, 0.4) is 0 Å². The molecule has 4 rings (SSSR count). The molecule has 1 saturated heterocycles. The number of benzene rings is 1. The highest BCUT2D eigenvalue weighted by Crippen LogP contribution is 2.17. The highest BCUT2D eigenvalue weighted by Gasteiger charge is 2.19. The molecule has 0 aliphatic carbocycles. The van der Waals surface area contributed by atoms with Gasteiger partial charge in [-0.1, -0.05) is 24.3 Å². The van der Waals surface area contributed by atoms with Crippen LogP contribution in [0.25, 0.3) is 0 Å². The average molecular weight is 313 g/mol. The Kier molecular flexibility index (Phi) is 4.01. The zero-order valence-corrected chi connectivity index (χ0v) is 13.4. The molecular weight excluding hydrogens is 290 g/mol. The lowest BCUT2D eigenvalue weighted by Crippen LogP contribution is -2.45. The molecule has 0 saturated carbocycles. The lowest BCUT2D eigenvalue weighted by Gasteiger charge is -2.26. The van der Waals surface area contributed by atoms with Gasteiger partial charge in [0.05, 0.1) is 6.54 Å². The third kappa shape index (κ3) is 2.96. The SMILES string of the molecule is O=c1n(CCN2CCNCC2)nc2n1CCc1ccccc1C2. The third-order valence-corrected chi connectivity index (χ3v) is 4.91. The number of aryl methyl sites for hydroxylation is 1. The van der Waals surface area contributed by atoms with Gasteiger partial charge in [0.2, 0.25) is 0 Å². The fraction of sp³-hybridized carbons (Fsp3) is 0.529. The lowest BCUT2D eigenvalue weighted by molar-refractivity contribution is 0.228. The molecule has 6 heteroatoms. The van der Waals surface area contributed by atoms with Crippen molar-refractivity contribution in [2.45, 2.75) is 25.9 Å². The molecule has 1 fully saturated rings. The maximum absolute atomic E-state index is 12.6. The van der Waals surface area contributed by atoms with Crippen LogP contribution in [0, 0.1) is 0 Å². The minimum atomic E-state index is 0.0444. The number of hydrogen-bond donors (Lipinski definition) is 1. The fourth-order valence-electron chi connectivity index (χ4n) is 3.53. The number of rotatable bonds is 3. The Morgan fingerprint density at radius 3 is 2.65 bits per heavy atom. The van der Waals surface area contributed by atoms with Crippen molar-refractivity contribution < 1.29 is 0 Å². The standard InChI is InChI=1S/C17H23N5O/c23-17-21-8-5-14-3-1-2-4-15(14)13-16(21)19-22(17)12-11-20-9-6-18-7-10-20/h1-4,18H,5-13H2. The Balaban J connectivity index is 1.52. The lowest BCUT2D eigenvalue weighted by atomic mass is 10.0. The molecule has 1 aromatic heterocycles. The molecule has 122 valence electrons. The van der Waals surface area contributed by atoms with Gasteiger partial charge in [0, 0.05) is 45.7 Å². The predicted octanol–water partition coefficient (Wildman–Crippen LogP) is 0.0969. The van der Waals surface area contributed by atoms with Crippen LogP contribution in [0.4, 0.5) is 0 Å². The summed E-state index contributed by atoms with van der Waals surface area (Å²) in [5.74, 6) is 0.903. The van der Waals surface area contributed by atoms with Crippen molar-refractivity contribution in [3.05, 3.63) is 51.7 Å². The molecule has 2 aliphatic rings. The molecular formula is C17H23N5O. The third-order valence-electron chi connectivity index (χ3n) is 4.91. The smallest absolute Gasteiger partial charge is 0.314 e. The maximum Gasteiger partial charge on any atom is 0.345 e. The molecule has 0 atom stereocenters. The molecule has 6 nitrogen and oxygen atoms in total. The van der Waals surface area contributed by atoms with E-state index in [-0.39, 0.29) is 5.69 Å². The minimum Gasteiger partial charge on any atom is -0.314 e. The molecule has 1 aromatic carbocycles. The van der Waals surface area contributed by atoms with E-state index in [1.165, 1.54) is 11.1 Å². The highest BCUT2D eigenvalue weighted by atomic mass is 16.2. The number of nitrogens with one attached hydrogen (secondary N) is 1. The van der Waals surface area contributed by atoms with E-state index in [2.05, 4.69) is 39.6 Å². The molecule has 0 unspecified atom stereocenters. The second-order valence-electron chi connectivity index (χ2n) is 6.36. The molecule has 0 amide bonds. The topological polar surface area (TPSA) is 55.1 Å². The molecule has 2 aliphatic heterocycles. The van der Waals surface area contributed by atoms with Gasteiger partial charge in [-0.05, 0) is 17.5 Å². The van der Waals surface area contributed by atoms with Gasteiger partial charge in [0.15, 0.2) is 0 Å². The van der Waals surface area contributed by atoms with Gasteiger partial charge >= 0.3 is 5.69 Å². The molecule has 23 heavy (non-hydrogen) atoms. The number of aromatic nitrogens is 3. The monoisotopic (exact) mass is 313 g/mol. The average Bonchev–Trinajstić information content (AvgIpc) is 2.77. The Hall–Kier alpha value is -1.92. The Bertz CT molecular complexity index is 742. The Labute approximate surface area is 135 Å². The Morgan fingerprint density at radius 2 is 1.83 bits per heavy atom. The quantitative estimate of drug-likeness (QED) is 0.873. The first kappa shape index (κ1) is 14.7. The zero-order chi connectivity index (χ0) is 15.6. The predicted molar refractivity (Wildman–Crippen MR) is 88.7 cm³/mol. The molecule has 2 aromatic rings. The van der Waals surface area contributed by atoms with Crippen LogP contribution in [0.1, 0.15) is 17.0 Å². The fourth-order valence-corrected chi connectivity index (χ4v) is 3.53. The van der Waals surface area contributed by atoms with Gasteiger partial charge in [-0.25, -0.2) is 9.48 Å². The van der Waals surface area contributed by atoms with E-state index in [4.69, 9.17) is 0 Å². The van der Waals surface area contributed by atoms with Gasteiger partial charge in [-0.15, -0.1) is 0 Å². The molecule has 3 heterocycles. The molecule has 1 N–H and O–H groups in total. The first-order valence-electron chi connectivity index (χ1n) is 8.47. The summed E-state index contributed by atoms with van der Waals surface area (Å²) in [6.07, 6.45) is 1.67. The van der Waals surface area contributed by atoms with E-state index >= 15 is 0 Å².